The van der Waals surface area contributed by atoms with Crippen LogP contribution in [0.1, 0.15) is 47.0 Å². The molecule has 0 spiro atoms. The minimum Gasteiger partial charge on any atom is -0.388 e. The van der Waals surface area contributed by atoms with Crippen LogP contribution >= 0.6 is 0 Å². The van der Waals surface area contributed by atoms with E-state index in [1.54, 1.807) is 0 Å². The van der Waals surface area contributed by atoms with Gasteiger partial charge in [0, 0.05) is 25.6 Å². The lowest BCUT2D eigenvalue weighted by Gasteiger charge is -2.32. The second-order valence-corrected chi connectivity index (χ2v) is 6.12. The fourth-order valence-corrected chi connectivity index (χ4v) is 2.33. The molecule has 1 aliphatic carbocycles. The molecule has 0 unspecified atom stereocenters. The van der Waals surface area contributed by atoms with Gasteiger partial charge >= 0.3 is 0 Å². The molecule has 0 aromatic carbocycles. The Morgan fingerprint density at radius 1 is 1.31 bits per heavy atom. The molecule has 0 heterocycles. The van der Waals surface area contributed by atoms with Gasteiger partial charge < -0.3 is 10.6 Å². The smallest absolute Gasteiger partial charge is 0.0911 e. The zero-order valence-electron chi connectivity index (χ0n) is 11.2. The average Bonchev–Trinajstić information content (AvgIpc) is 2.81. The van der Waals surface area contributed by atoms with E-state index in [1.165, 1.54) is 12.8 Å². The fraction of sp³-hybridized carbons (Fsp3) is 0.923. The summed E-state index contributed by atoms with van der Waals surface area (Å²) >= 11 is 0. The van der Waals surface area contributed by atoms with Crippen LogP contribution in [0.4, 0.5) is 0 Å². The third kappa shape index (κ3) is 4.12. The third-order valence-corrected chi connectivity index (χ3v) is 3.39. The van der Waals surface area contributed by atoms with E-state index in [9.17, 15) is 0 Å². The van der Waals surface area contributed by atoms with Gasteiger partial charge in [0.15, 0.2) is 0 Å². The minimum absolute atomic E-state index is 0.338. The molecule has 0 aliphatic heterocycles. The molecule has 0 aromatic rings. The number of nitrogens with zero attached hydrogens (tertiary/aromatic N) is 1. The highest BCUT2D eigenvalue weighted by Crippen LogP contribution is 2.49. The van der Waals surface area contributed by atoms with Crippen LogP contribution in [0, 0.1) is 16.7 Å². The number of amidine groups is 1. The Morgan fingerprint density at radius 3 is 2.19 bits per heavy atom. The van der Waals surface area contributed by atoms with Crippen molar-refractivity contribution in [1.82, 2.24) is 4.90 Å². The number of nitrogens with one attached hydrogen (secondary N) is 1. The lowest BCUT2D eigenvalue weighted by atomic mass is 9.99. The minimum atomic E-state index is 0.338. The predicted octanol–water partition coefficient (Wildman–Crippen LogP) is 2.46. The van der Waals surface area contributed by atoms with Crippen molar-refractivity contribution >= 4 is 5.84 Å². The summed E-state index contributed by atoms with van der Waals surface area (Å²) in [4.78, 5) is 2.54. The Hall–Kier alpha value is -0.570. The molecule has 0 amide bonds. The highest BCUT2D eigenvalue weighted by Gasteiger charge is 2.44. The molecule has 3 nitrogen and oxygen atoms in total. The first-order valence-corrected chi connectivity index (χ1v) is 6.41. The molecular weight excluding hydrogens is 198 g/mol. The van der Waals surface area contributed by atoms with E-state index >= 15 is 0 Å². The molecular formula is C13H27N3. The van der Waals surface area contributed by atoms with Crippen LogP contribution in [0.15, 0.2) is 0 Å². The lowest BCUT2D eigenvalue weighted by molar-refractivity contribution is 0.161. The first-order valence-electron chi connectivity index (χ1n) is 6.41. The molecule has 3 N–H and O–H groups in total. The van der Waals surface area contributed by atoms with Gasteiger partial charge in [-0.05, 0) is 38.0 Å². The summed E-state index contributed by atoms with van der Waals surface area (Å²) in [5, 5.41) is 7.44. The predicted molar refractivity (Wildman–Crippen MR) is 69.7 cm³/mol. The van der Waals surface area contributed by atoms with E-state index in [0.29, 0.717) is 23.2 Å². The molecule has 0 aromatic heterocycles. The SMILES string of the molecule is CC(C)CN(CC1(CC(=N)N)CC1)C(C)C. The van der Waals surface area contributed by atoms with Crippen LogP contribution in [-0.2, 0) is 0 Å². The van der Waals surface area contributed by atoms with Crippen LogP contribution in [0.3, 0.4) is 0 Å². The van der Waals surface area contributed by atoms with Gasteiger partial charge in [-0.15, -0.1) is 0 Å². The van der Waals surface area contributed by atoms with Crippen molar-refractivity contribution in [2.45, 2.75) is 53.0 Å². The highest BCUT2D eigenvalue weighted by molar-refractivity contribution is 5.78. The Balaban J connectivity index is 2.51. The van der Waals surface area contributed by atoms with Gasteiger partial charge in [-0.25, -0.2) is 0 Å². The van der Waals surface area contributed by atoms with Crippen molar-refractivity contribution in [3.63, 3.8) is 0 Å². The second-order valence-electron chi connectivity index (χ2n) is 6.12. The molecule has 1 saturated carbocycles. The molecule has 1 aliphatic rings. The van der Waals surface area contributed by atoms with Crippen molar-refractivity contribution in [1.29, 1.82) is 5.41 Å². The molecule has 1 rings (SSSR count). The third-order valence-electron chi connectivity index (χ3n) is 3.39. The first-order chi connectivity index (χ1) is 7.34. The average molecular weight is 225 g/mol. The van der Waals surface area contributed by atoms with Crippen molar-refractivity contribution in [2.75, 3.05) is 13.1 Å². The van der Waals surface area contributed by atoms with Gasteiger partial charge in [-0.2, -0.15) is 0 Å². The molecule has 16 heavy (non-hydrogen) atoms. The molecule has 0 saturated heterocycles. The molecule has 0 atom stereocenters. The van der Waals surface area contributed by atoms with Gasteiger partial charge in [0.25, 0.3) is 0 Å². The van der Waals surface area contributed by atoms with E-state index in [1.807, 2.05) is 0 Å². The Kier molecular flexibility index (Phi) is 4.36. The van der Waals surface area contributed by atoms with Crippen LogP contribution in [0.25, 0.3) is 0 Å². The summed E-state index contributed by atoms with van der Waals surface area (Å²) in [6.07, 6.45) is 3.27. The molecule has 0 bridgehead atoms. The molecule has 1 fully saturated rings. The summed E-state index contributed by atoms with van der Waals surface area (Å²) < 4.78 is 0. The van der Waals surface area contributed by atoms with Crippen LogP contribution in [0.5, 0.6) is 0 Å². The lowest BCUT2D eigenvalue weighted by Crippen LogP contribution is -2.39. The van der Waals surface area contributed by atoms with Crippen molar-refractivity contribution in [3.05, 3.63) is 0 Å². The number of nitrogens with two attached hydrogens (primary N) is 1. The summed E-state index contributed by atoms with van der Waals surface area (Å²) in [6, 6.07) is 0.590. The van der Waals surface area contributed by atoms with E-state index in [-0.39, 0.29) is 0 Å². The Bertz CT molecular complexity index is 242. The van der Waals surface area contributed by atoms with Crippen molar-refractivity contribution in [2.24, 2.45) is 17.1 Å². The van der Waals surface area contributed by atoms with Gasteiger partial charge in [0.05, 0.1) is 5.84 Å². The molecule has 0 radical (unpaired) electrons. The number of hydrogen-bond donors (Lipinski definition) is 2. The topological polar surface area (TPSA) is 53.1 Å². The maximum atomic E-state index is 7.44. The standard InChI is InChI=1S/C13H27N3/c1-10(2)8-16(11(3)4)9-13(5-6-13)7-12(14)15/h10-11H,5-9H2,1-4H3,(H3,14,15). The molecule has 3 heteroatoms. The van der Waals surface area contributed by atoms with Crippen molar-refractivity contribution < 1.29 is 0 Å². The zero-order chi connectivity index (χ0) is 12.3. The van der Waals surface area contributed by atoms with E-state index in [0.717, 1.165) is 19.5 Å². The molecule has 94 valence electrons. The van der Waals surface area contributed by atoms with Gasteiger partial charge in [-0.3, -0.25) is 5.41 Å². The van der Waals surface area contributed by atoms with Crippen LogP contribution in [0.2, 0.25) is 0 Å². The van der Waals surface area contributed by atoms with Gasteiger partial charge in [0.1, 0.15) is 0 Å². The second kappa shape index (κ2) is 5.17. The fourth-order valence-electron chi connectivity index (χ4n) is 2.33. The van der Waals surface area contributed by atoms with E-state index in [4.69, 9.17) is 11.1 Å². The normalized spacial score (nSPS) is 18.4. The summed E-state index contributed by atoms with van der Waals surface area (Å²) in [5.74, 6) is 1.06. The van der Waals surface area contributed by atoms with Crippen LogP contribution < -0.4 is 5.73 Å². The highest BCUT2D eigenvalue weighted by atomic mass is 15.2. The van der Waals surface area contributed by atoms with E-state index in [2.05, 4.69) is 32.6 Å². The summed E-state index contributed by atoms with van der Waals surface area (Å²) in [7, 11) is 0. The van der Waals surface area contributed by atoms with Gasteiger partial charge in [-0.1, -0.05) is 13.8 Å². The Labute approximate surface area is 99.9 Å². The monoisotopic (exact) mass is 225 g/mol. The first kappa shape index (κ1) is 13.5. The Morgan fingerprint density at radius 2 is 1.88 bits per heavy atom. The van der Waals surface area contributed by atoms with E-state index < -0.39 is 0 Å². The summed E-state index contributed by atoms with van der Waals surface area (Å²) in [6.45, 7) is 11.3. The maximum Gasteiger partial charge on any atom is 0.0911 e. The summed E-state index contributed by atoms with van der Waals surface area (Å²) in [5.41, 5.74) is 5.87. The zero-order valence-corrected chi connectivity index (χ0v) is 11.2. The number of rotatable bonds is 7. The quantitative estimate of drug-likeness (QED) is 0.516. The maximum absolute atomic E-state index is 7.44. The van der Waals surface area contributed by atoms with Crippen LogP contribution in [-0.4, -0.2) is 29.9 Å². The van der Waals surface area contributed by atoms with Crippen molar-refractivity contribution in [3.8, 4) is 0 Å². The largest absolute Gasteiger partial charge is 0.388 e. The van der Waals surface area contributed by atoms with Gasteiger partial charge in [0.2, 0.25) is 0 Å². The number of hydrogen-bond acceptors (Lipinski definition) is 2.